The SMILES string of the molecule is O=C(C[C@H]1SC(=Nc2ccc(F)cc2)N(C2CCCC2)C1=O)Nc1cccc([N+](=O)[O-])c1. The molecule has 1 heterocycles. The van der Waals surface area contributed by atoms with Gasteiger partial charge in [0.1, 0.15) is 11.1 Å². The Labute approximate surface area is 188 Å². The van der Waals surface area contributed by atoms with E-state index in [2.05, 4.69) is 10.3 Å². The van der Waals surface area contributed by atoms with Gasteiger partial charge in [-0.25, -0.2) is 9.38 Å². The van der Waals surface area contributed by atoms with Crippen molar-refractivity contribution in [2.45, 2.75) is 43.4 Å². The number of nitro benzene ring substituents is 1. The lowest BCUT2D eigenvalue weighted by Crippen LogP contribution is -2.40. The third-order valence-electron chi connectivity index (χ3n) is 5.42. The average Bonchev–Trinajstić information content (AvgIpc) is 3.38. The van der Waals surface area contributed by atoms with E-state index in [-0.39, 0.29) is 29.9 Å². The van der Waals surface area contributed by atoms with E-state index in [1.807, 2.05) is 0 Å². The van der Waals surface area contributed by atoms with Gasteiger partial charge in [-0.05, 0) is 43.2 Å². The molecule has 1 atom stereocenters. The molecule has 2 aliphatic rings. The smallest absolute Gasteiger partial charge is 0.271 e. The maximum Gasteiger partial charge on any atom is 0.271 e. The average molecular weight is 456 g/mol. The van der Waals surface area contributed by atoms with Crippen LogP contribution in [0, 0.1) is 15.9 Å². The van der Waals surface area contributed by atoms with Crippen LogP contribution in [0.5, 0.6) is 0 Å². The van der Waals surface area contributed by atoms with Crippen LogP contribution >= 0.6 is 11.8 Å². The molecule has 0 radical (unpaired) electrons. The van der Waals surface area contributed by atoms with E-state index in [4.69, 9.17) is 0 Å². The molecule has 32 heavy (non-hydrogen) atoms. The van der Waals surface area contributed by atoms with Crippen LogP contribution in [-0.2, 0) is 9.59 Å². The van der Waals surface area contributed by atoms with E-state index < -0.39 is 16.1 Å². The molecule has 2 aromatic carbocycles. The lowest BCUT2D eigenvalue weighted by atomic mass is 10.2. The highest BCUT2D eigenvalue weighted by Crippen LogP contribution is 2.37. The van der Waals surface area contributed by atoms with Crippen LogP contribution in [0.4, 0.5) is 21.5 Å². The van der Waals surface area contributed by atoms with Crippen LogP contribution in [-0.4, -0.2) is 38.1 Å². The van der Waals surface area contributed by atoms with Crippen LogP contribution in [0.3, 0.4) is 0 Å². The molecule has 1 saturated carbocycles. The van der Waals surface area contributed by atoms with Gasteiger partial charge in [-0.1, -0.05) is 30.7 Å². The van der Waals surface area contributed by atoms with Gasteiger partial charge in [0.2, 0.25) is 11.8 Å². The summed E-state index contributed by atoms with van der Waals surface area (Å²) in [7, 11) is 0. The molecule has 1 aliphatic carbocycles. The van der Waals surface area contributed by atoms with Crippen molar-refractivity contribution < 1.29 is 18.9 Å². The highest BCUT2D eigenvalue weighted by atomic mass is 32.2. The fourth-order valence-electron chi connectivity index (χ4n) is 3.90. The van der Waals surface area contributed by atoms with Crippen molar-refractivity contribution in [3.05, 3.63) is 64.5 Å². The fraction of sp³-hybridized carbons (Fsp3) is 0.318. The number of halogens is 1. The van der Waals surface area contributed by atoms with Crippen molar-refractivity contribution in [1.82, 2.24) is 4.90 Å². The maximum absolute atomic E-state index is 13.2. The summed E-state index contributed by atoms with van der Waals surface area (Å²) in [6, 6.07) is 11.4. The molecule has 0 unspecified atom stereocenters. The van der Waals surface area contributed by atoms with Gasteiger partial charge in [0.15, 0.2) is 5.17 Å². The van der Waals surface area contributed by atoms with Gasteiger partial charge >= 0.3 is 0 Å². The number of carbonyl (C=O) groups excluding carboxylic acids is 2. The molecule has 0 aromatic heterocycles. The second kappa shape index (κ2) is 9.47. The van der Waals surface area contributed by atoms with Crippen molar-refractivity contribution in [2.75, 3.05) is 5.32 Å². The van der Waals surface area contributed by atoms with Crippen molar-refractivity contribution in [2.24, 2.45) is 4.99 Å². The topological polar surface area (TPSA) is 105 Å². The second-order valence-corrected chi connectivity index (χ2v) is 8.85. The zero-order chi connectivity index (χ0) is 22.7. The number of hydrogen-bond acceptors (Lipinski definition) is 6. The Hall–Kier alpha value is -3.27. The molecule has 0 bridgehead atoms. The number of carbonyl (C=O) groups is 2. The summed E-state index contributed by atoms with van der Waals surface area (Å²) in [5, 5.41) is 13.4. The number of non-ortho nitro benzene ring substituents is 1. The molecule has 1 aliphatic heterocycles. The van der Waals surface area contributed by atoms with E-state index in [9.17, 15) is 24.1 Å². The molecule has 2 amide bonds. The molecule has 10 heteroatoms. The van der Waals surface area contributed by atoms with Gasteiger partial charge in [-0.3, -0.25) is 24.6 Å². The third-order valence-corrected chi connectivity index (χ3v) is 6.57. The number of aliphatic imine (C=N–C) groups is 1. The summed E-state index contributed by atoms with van der Waals surface area (Å²) < 4.78 is 13.2. The number of benzene rings is 2. The highest BCUT2D eigenvalue weighted by Gasteiger charge is 2.43. The van der Waals surface area contributed by atoms with E-state index >= 15 is 0 Å². The largest absolute Gasteiger partial charge is 0.326 e. The van der Waals surface area contributed by atoms with Gasteiger partial charge < -0.3 is 5.32 Å². The Balaban J connectivity index is 1.50. The van der Waals surface area contributed by atoms with Gasteiger partial charge in [0.05, 0.1) is 10.6 Å². The molecule has 4 rings (SSSR count). The van der Waals surface area contributed by atoms with Crippen LogP contribution in [0.15, 0.2) is 53.5 Å². The summed E-state index contributed by atoms with van der Waals surface area (Å²) in [5.74, 6) is -0.949. The molecule has 1 saturated heterocycles. The van der Waals surface area contributed by atoms with Gasteiger partial charge in [-0.15, -0.1) is 0 Å². The molecule has 0 spiro atoms. The maximum atomic E-state index is 13.2. The molecular weight excluding hydrogens is 435 g/mol. The number of hydrogen-bond donors (Lipinski definition) is 1. The molecule has 166 valence electrons. The lowest BCUT2D eigenvalue weighted by molar-refractivity contribution is -0.384. The molecule has 8 nitrogen and oxygen atoms in total. The Morgan fingerprint density at radius 2 is 1.94 bits per heavy atom. The summed E-state index contributed by atoms with van der Waals surface area (Å²) in [4.78, 5) is 42.4. The van der Waals surface area contributed by atoms with Crippen molar-refractivity contribution >= 4 is 45.8 Å². The van der Waals surface area contributed by atoms with Gasteiger partial charge in [0.25, 0.3) is 5.69 Å². The first-order valence-corrected chi connectivity index (χ1v) is 11.2. The van der Waals surface area contributed by atoms with Crippen LogP contribution in [0.1, 0.15) is 32.1 Å². The first-order chi connectivity index (χ1) is 15.4. The Morgan fingerprint density at radius 3 is 2.62 bits per heavy atom. The Bertz CT molecular complexity index is 1070. The monoisotopic (exact) mass is 456 g/mol. The fourth-order valence-corrected chi connectivity index (χ4v) is 5.11. The van der Waals surface area contributed by atoms with Crippen LogP contribution in [0.25, 0.3) is 0 Å². The van der Waals surface area contributed by atoms with E-state index in [1.165, 1.54) is 42.1 Å². The number of anilines is 1. The molecule has 2 aromatic rings. The normalized spacial score (nSPS) is 20.2. The number of rotatable bonds is 6. The van der Waals surface area contributed by atoms with Crippen LogP contribution < -0.4 is 5.32 Å². The number of amides is 2. The number of nitrogens with zero attached hydrogens (tertiary/aromatic N) is 3. The molecular formula is C22H21FN4O4S. The second-order valence-electron chi connectivity index (χ2n) is 7.68. The first kappa shape index (κ1) is 21.9. The predicted octanol–water partition coefficient (Wildman–Crippen LogP) is 4.64. The van der Waals surface area contributed by atoms with Gasteiger partial charge in [-0.2, -0.15) is 0 Å². The van der Waals surface area contributed by atoms with E-state index in [0.29, 0.717) is 16.5 Å². The summed E-state index contributed by atoms with van der Waals surface area (Å²) in [5.41, 5.74) is 0.703. The van der Waals surface area contributed by atoms with Gasteiger partial charge in [0, 0.05) is 30.3 Å². The van der Waals surface area contributed by atoms with Crippen molar-refractivity contribution in [1.29, 1.82) is 0 Å². The highest BCUT2D eigenvalue weighted by molar-refractivity contribution is 8.15. The van der Waals surface area contributed by atoms with Crippen molar-refractivity contribution in [3.8, 4) is 0 Å². The minimum atomic E-state index is -0.645. The quantitative estimate of drug-likeness (QED) is 0.504. The Kier molecular flexibility index (Phi) is 6.50. The minimum absolute atomic E-state index is 0.0408. The number of nitrogens with one attached hydrogen (secondary N) is 1. The van der Waals surface area contributed by atoms with E-state index in [1.54, 1.807) is 23.1 Å². The van der Waals surface area contributed by atoms with Crippen LogP contribution in [0.2, 0.25) is 0 Å². The zero-order valence-electron chi connectivity index (χ0n) is 17.1. The minimum Gasteiger partial charge on any atom is -0.326 e. The predicted molar refractivity (Wildman–Crippen MR) is 120 cm³/mol. The third kappa shape index (κ3) is 4.96. The summed E-state index contributed by atoms with van der Waals surface area (Å²) in [6.45, 7) is 0. The number of thioether (sulfide) groups is 1. The number of amidine groups is 1. The number of nitro groups is 1. The Morgan fingerprint density at radius 1 is 1.22 bits per heavy atom. The standard InChI is InChI=1S/C22H21FN4O4S/c23-14-8-10-15(11-9-14)25-22-26(17-5-1-2-6-17)21(29)19(32-22)13-20(28)24-16-4-3-7-18(12-16)27(30)31/h3-4,7-12,17,19H,1-2,5-6,13H2,(H,24,28)/t19-/m1/s1. The van der Waals surface area contributed by atoms with Crippen molar-refractivity contribution in [3.63, 3.8) is 0 Å². The summed E-state index contributed by atoms with van der Waals surface area (Å²) in [6.07, 6.45) is 3.72. The molecule has 2 fully saturated rings. The van der Waals surface area contributed by atoms with E-state index in [0.717, 1.165) is 25.7 Å². The summed E-state index contributed by atoms with van der Waals surface area (Å²) >= 11 is 1.22. The lowest BCUT2D eigenvalue weighted by Gasteiger charge is -2.23. The first-order valence-electron chi connectivity index (χ1n) is 10.3. The molecule has 1 N–H and O–H groups in total. The zero-order valence-corrected chi connectivity index (χ0v) is 17.9.